The smallest absolute Gasteiger partial charge is 0.326 e. The van der Waals surface area contributed by atoms with Gasteiger partial charge in [-0.3, -0.25) is 94.8 Å². The zero-order chi connectivity index (χ0) is 98.7. The van der Waals surface area contributed by atoms with E-state index in [1.54, 1.807) is 0 Å². The molecule has 0 spiro atoms. The number of guanidine groups is 6. The van der Waals surface area contributed by atoms with E-state index in [0.29, 0.717) is 18.4 Å². The van der Waals surface area contributed by atoms with Crippen LogP contribution in [0.25, 0.3) is 0 Å². The molecule has 13 amide bonds. The number of aliphatic carboxylic acids is 1. The quantitative estimate of drug-likeness (QED) is 0.0127. The lowest BCUT2D eigenvalue weighted by Crippen LogP contribution is -2.61. The van der Waals surface area contributed by atoms with Crippen LogP contribution in [0.2, 0.25) is 0 Å². The Bertz CT molecular complexity index is 4240. The Morgan fingerprint density at radius 3 is 1.24 bits per heavy atom. The molecule has 0 aliphatic carbocycles. The molecule has 133 heavy (non-hydrogen) atoms. The van der Waals surface area contributed by atoms with Gasteiger partial charge in [-0.15, -0.1) is 0 Å². The van der Waals surface area contributed by atoms with Crippen molar-refractivity contribution in [1.82, 2.24) is 101 Å². The monoisotopic (exact) mass is 1910 g/mol. The summed E-state index contributed by atoms with van der Waals surface area (Å²) in [5, 5.41) is 125. The molecule has 2 aliphatic rings. The number of hydrogen-bond donors (Lipinski definition) is 36. The molecule has 2 aliphatic heterocycles. The second-order valence-corrected chi connectivity index (χ2v) is 34.4. The summed E-state index contributed by atoms with van der Waals surface area (Å²) in [5.41, 5.74) is 52.2. The molecule has 2 aromatic rings. The van der Waals surface area contributed by atoms with Crippen LogP contribution >= 0.6 is 21.6 Å². The molecule has 53 heteroatoms. The maximum Gasteiger partial charge on any atom is 0.326 e. The standard InChI is InChI=1S/C80H136N34O17S2/c1-43-61(117)112-58(70(126)109-55(74(130)131)20-11-37-101-80(94)95)41-132-133-42-59(113-67(123)53(19-10-36-100-79(92)93)105-64(120)51(17-8-34-98-77(88)89)103-62(118)48(83)13-6-32-96-75(84)85)71(127)110-56(39-44-22-26-46(115)27-23-44)68(124)107-52(18-9-35-99-78(90)91)65(121)104-49(14-2-4-30-81)66(122)108-54(15-3-5-31-82)73(129)114-38-12-21-60(114)72(128)111-57(40-45-24-28-47(116)29-25-45)69(125)106-50(63(119)102-43)16-7-33-97-76(86)87/h22-29,43,48-60,115-116H,2-21,30-42,81-83H2,1H3,(H,102,119)(H,103,118)(H,104,121)(H,105,120)(H,106,125)(H,107,124)(H,108,122)(H,109,126)(H,110,127)(H,111,128)(H,112,117)(H,113,123)(H,130,131)(H4,84,85,96)(H4,86,87,97)(H4,88,89,98)(H4,90,91,99)(H4,92,93,100)(H4,94,95,101)/t43-,48-,49-,50-,51-,52-,53-,54+,55-,56-,57-,58-,59-,60-/m0/s1. The van der Waals surface area contributed by atoms with Crippen LogP contribution in [-0.2, 0) is 80.0 Å². The third-order valence-electron chi connectivity index (χ3n) is 21.0. The molecular weight excluding hydrogens is 1770 g/mol. The van der Waals surface area contributed by atoms with Gasteiger partial charge in [-0.2, -0.15) is 0 Å². The Hall–Kier alpha value is -13.2. The topological polar surface area (TPSA) is 897 Å². The third-order valence-corrected chi connectivity index (χ3v) is 23.4. The van der Waals surface area contributed by atoms with E-state index in [0.717, 1.165) is 21.6 Å². The Balaban J connectivity index is 2.07. The molecule has 2 aromatic carbocycles. The van der Waals surface area contributed by atoms with Crippen LogP contribution in [0.5, 0.6) is 11.5 Å². The number of carboxylic acid groups (broad SMARTS) is 1. The predicted octanol–water partition coefficient (Wildman–Crippen LogP) is -8.64. The second kappa shape index (κ2) is 60.7. The van der Waals surface area contributed by atoms with Crippen molar-refractivity contribution in [1.29, 1.82) is 32.5 Å². The van der Waals surface area contributed by atoms with Crippen LogP contribution in [0, 0.1) is 32.5 Å². The zero-order valence-corrected chi connectivity index (χ0v) is 76.2. The first kappa shape index (κ1) is 112. The van der Waals surface area contributed by atoms with E-state index in [4.69, 9.17) is 84.1 Å². The minimum absolute atomic E-state index is 0.00919. The highest BCUT2D eigenvalue weighted by Crippen LogP contribution is 2.26. The fourth-order valence-corrected chi connectivity index (χ4v) is 16.2. The van der Waals surface area contributed by atoms with Gasteiger partial charge in [0.25, 0.3) is 0 Å². The summed E-state index contributed by atoms with van der Waals surface area (Å²) in [6.07, 6.45) is -0.480. The van der Waals surface area contributed by atoms with E-state index in [9.17, 15) is 48.9 Å². The van der Waals surface area contributed by atoms with E-state index in [-0.39, 0.29) is 204 Å². The first-order chi connectivity index (χ1) is 63.2. The molecule has 2 heterocycles. The zero-order valence-electron chi connectivity index (χ0n) is 74.6. The Labute approximate surface area is 777 Å². The van der Waals surface area contributed by atoms with Gasteiger partial charge in [0.1, 0.15) is 90.0 Å². The highest BCUT2D eigenvalue weighted by Gasteiger charge is 2.42. The Kier molecular flexibility index (Phi) is 51.2. The van der Waals surface area contributed by atoms with E-state index < -0.39 is 215 Å². The number of nitrogens with zero attached hydrogens (tertiary/aromatic N) is 1. The van der Waals surface area contributed by atoms with Crippen LogP contribution < -0.4 is 147 Å². The maximum absolute atomic E-state index is 15.7. The summed E-state index contributed by atoms with van der Waals surface area (Å²) < 4.78 is 0. The number of phenolic OH excluding ortho intramolecular Hbond substituents is 2. The van der Waals surface area contributed by atoms with Crippen LogP contribution in [0.1, 0.15) is 146 Å². The van der Waals surface area contributed by atoms with Gasteiger partial charge in [-0.05, 0) is 184 Å². The van der Waals surface area contributed by atoms with E-state index in [1.807, 2.05) is 0 Å². The molecule has 0 aromatic heterocycles. The fraction of sp³-hybridized carbons (Fsp3) is 0.600. The van der Waals surface area contributed by atoms with Crippen molar-refractivity contribution in [2.24, 2.45) is 51.6 Å². The molecule has 4 rings (SSSR count). The number of aromatic hydroxyl groups is 2. The van der Waals surface area contributed by atoms with Crippen LogP contribution in [0.3, 0.4) is 0 Å². The van der Waals surface area contributed by atoms with Gasteiger partial charge in [0, 0.05) is 70.2 Å². The number of benzene rings is 2. The lowest BCUT2D eigenvalue weighted by atomic mass is 10.0. The minimum Gasteiger partial charge on any atom is -0.508 e. The summed E-state index contributed by atoms with van der Waals surface area (Å²) in [6, 6.07) is -11.2. The molecule has 740 valence electrons. The lowest BCUT2D eigenvalue weighted by Gasteiger charge is -2.31. The molecule has 2 fully saturated rings. The average molecular weight is 1910 g/mol. The number of unbranched alkanes of at least 4 members (excludes halogenated alkanes) is 2. The van der Waals surface area contributed by atoms with Crippen LogP contribution in [-0.4, -0.2) is 294 Å². The normalized spacial score (nSPS) is 20.8. The highest BCUT2D eigenvalue weighted by atomic mass is 33.1. The highest BCUT2D eigenvalue weighted by molar-refractivity contribution is 8.76. The average Bonchev–Trinajstić information content (AvgIpc) is 1.63. The van der Waals surface area contributed by atoms with E-state index >= 15 is 33.6 Å². The second-order valence-electron chi connectivity index (χ2n) is 31.8. The number of nitrogens with one attached hydrogen (secondary N) is 24. The summed E-state index contributed by atoms with van der Waals surface area (Å²) in [5.74, 6) is -18.5. The van der Waals surface area contributed by atoms with E-state index in [1.165, 1.54) is 60.4 Å². The number of nitrogens with two attached hydrogens (primary N) is 9. The van der Waals surface area contributed by atoms with Crippen molar-refractivity contribution < 1.29 is 82.4 Å². The third kappa shape index (κ3) is 44.1. The SMILES string of the molecule is C[C@@H]1NC(=O)[C@H](CCCNC(=N)N)NC(=O)[C@H](Cc2ccc(O)cc2)NC(=O)[C@@H]2CCCN2C(=O)[C@@H](CCCCN)NC(=O)[C@H](CCCCN)NC(=O)[C@H](CCCNC(=N)N)NC(=O)[C@H](Cc2ccc(O)cc2)NC(=O)[C@@H](NC(=O)[C@H](CCCNC(=N)N)NC(=O)[C@H](CCCNC(=N)N)NC(=O)[C@@H](N)CCCNC(=N)N)CSSC[C@@H](C(=O)N[C@@H](CCCNC(=N)N)C(=O)O)NC1=O. The maximum atomic E-state index is 15.7. The lowest BCUT2D eigenvalue weighted by molar-refractivity contribution is -0.142. The van der Waals surface area contributed by atoms with Gasteiger partial charge in [-0.1, -0.05) is 45.9 Å². The number of hydrogen-bond acceptors (Lipinski definition) is 27. The van der Waals surface area contributed by atoms with Gasteiger partial charge in [0.05, 0.1) is 6.04 Å². The molecule has 2 saturated heterocycles. The van der Waals surface area contributed by atoms with Crippen molar-refractivity contribution in [3.8, 4) is 11.5 Å². The first-order valence-corrected chi connectivity index (χ1v) is 46.3. The molecule has 45 N–H and O–H groups in total. The van der Waals surface area contributed by atoms with E-state index in [2.05, 4.69) is 95.7 Å². The molecule has 0 radical (unpaired) electrons. The van der Waals surface area contributed by atoms with Gasteiger partial charge < -0.3 is 168 Å². The molecule has 51 nitrogen and oxygen atoms in total. The van der Waals surface area contributed by atoms with Crippen molar-refractivity contribution in [3.05, 3.63) is 59.7 Å². The number of amides is 13. The summed E-state index contributed by atoms with van der Waals surface area (Å²) in [6.45, 7) is 1.43. The Morgan fingerprint density at radius 1 is 0.429 bits per heavy atom. The summed E-state index contributed by atoms with van der Waals surface area (Å²) in [7, 11) is 1.49. The first-order valence-electron chi connectivity index (χ1n) is 43.8. The number of fused-ring (bicyclic) bond motifs is 1. The number of carboxylic acids is 1. The molecule has 0 unspecified atom stereocenters. The number of phenols is 2. The predicted molar refractivity (Wildman–Crippen MR) is 498 cm³/mol. The molecule has 14 atom stereocenters. The van der Waals surface area contributed by atoms with Gasteiger partial charge in [0.15, 0.2) is 35.8 Å². The number of carbonyl (C=O) groups is 14. The summed E-state index contributed by atoms with van der Waals surface area (Å²) >= 11 is 0. The van der Waals surface area contributed by atoms with Crippen LogP contribution in [0.4, 0.5) is 0 Å². The molecule has 0 bridgehead atoms. The summed E-state index contributed by atoms with van der Waals surface area (Å²) in [4.78, 5) is 209. The van der Waals surface area contributed by atoms with Crippen molar-refractivity contribution in [2.75, 3.05) is 70.4 Å². The minimum atomic E-state index is -1.87. The fourth-order valence-electron chi connectivity index (χ4n) is 13.8. The van der Waals surface area contributed by atoms with Gasteiger partial charge in [0.2, 0.25) is 76.8 Å². The molecule has 0 saturated carbocycles. The van der Waals surface area contributed by atoms with Crippen molar-refractivity contribution >= 4 is 140 Å². The molecular formula is C80H136N34O17S2. The van der Waals surface area contributed by atoms with Crippen molar-refractivity contribution in [3.63, 3.8) is 0 Å². The van der Waals surface area contributed by atoms with Gasteiger partial charge in [-0.25, -0.2) is 4.79 Å². The van der Waals surface area contributed by atoms with Crippen molar-refractivity contribution in [2.45, 2.75) is 233 Å². The number of rotatable bonds is 45. The number of carbonyl (C=O) groups excluding carboxylic acids is 13. The Morgan fingerprint density at radius 2 is 0.797 bits per heavy atom. The van der Waals surface area contributed by atoms with Gasteiger partial charge >= 0.3 is 5.97 Å². The van der Waals surface area contributed by atoms with Crippen LogP contribution in [0.15, 0.2) is 48.5 Å². The largest absolute Gasteiger partial charge is 0.508 e.